The van der Waals surface area contributed by atoms with Crippen LogP contribution in [0.5, 0.6) is 5.75 Å². The number of hydrogen-bond donors (Lipinski definition) is 3. The fraction of sp³-hybridized carbons (Fsp3) is 0. The first-order valence-electron chi connectivity index (χ1n) is 7.59. The molecule has 124 valence electrons. The summed E-state index contributed by atoms with van der Waals surface area (Å²) < 4.78 is 0. The molecule has 0 fully saturated rings. The summed E-state index contributed by atoms with van der Waals surface area (Å²) in [6.07, 6.45) is 5.24. The number of carbonyl (C=O) groups is 1. The maximum Gasteiger partial charge on any atom is 0.335 e. The first-order valence-corrected chi connectivity index (χ1v) is 7.59. The Morgan fingerprint density at radius 2 is 1.64 bits per heavy atom. The van der Waals surface area contributed by atoms with E-state index in [4.69, 9.17) is 10.8 Å². The van der Waals surface area contributed by atoms with Gasteiger partial charge in [-0.3, -0.25) is 4.98 Å². The standard InChI is InChI=1S/C20H16N2O3/c21-16-6-3-13(4-7-16)1-2-14-5-8-19(23)17(11-14)18-12-15(20(24)25)9-10-22-18/h1-12,23H,21H2,(H,24,25). The number of carboxylic acids is 1. The molecule has 0 amide bonds. The Kier molecular flexibility index (Phi) is 4.48. The lowest BCUT2D eigenvalue weighted by atomic mass is 10.0. The average Bonchev–Trinajstić information content (AvgIpc) is 2.62. The second kappa shape index (κ2) is 6.88. The smallest absolute Gasteiger partial charge is 0.335 e. The molecule has 0 bridgehead atoms. The van der Waals surface area contributed by atoms with Gasteiger partial charge in [-0.1, -0.05) is 30.4 Å². The van der Waals surface area contributed by atoms with E-state index in [1.807, 2.05) is 36.4 Å². The lowest BCUT2D eigenvalue weighted by Crippen LogP contribution is -1.97. The normalized spacial score (nSPS) is 10.9. The van der Waals surface area contributed by atoms with Gasteiger partial charge in [0, 0.05) is 17.4 Å². The van der Waals surface area contributed by atoms with Crippen LogP contribution in [0, 0.1) is 0 Å². The summed E-state index contributed by atoms with van der Waals surface area (Å²) in [5, 5.41) is 19.2. The van der Waals surface area contributed by atoms with Crippen molar-refractivity contribution in [3.05, 3.63) is 77.5 Å². The number of hydrogen-bond acceptors (Lipinski definition) is 4. The number of aromatic carboxylic acids is 1. The van der Waals surface area contributed by atoms with E-state index in [9.17, 15) is 9.90 Å². The lowest BCUT2D eigenvalue weighted by molar-refractivity contribution is 0.0697. The minimum absolute atomic E-state index is 0.0414. The van der Waals surface area contributed by atoms with Crippen LogP contribution in [-0.2, 0) is 0 Å². The molecule has 2 aromatic carbocycles. The van der Waals surface area contributed by atoms with Gasteiger partial charge in [-0.25, -0.2) is 4.79 Å². The van der Waals surface area contributed by atoms with Crippen molar-refractivity contribution in [3.63, 3.8) is 0 Å². The number of carboxylic acid groups (broad SMARTS) is 1. The fourth-order valence-electron chi connectivity index (χ4n) is 2.37. The maximum atomic E-state index is 11.1. The highest BCUT2D eigenvalue weighted by Crippen LogP contribution is 2.29. The lowest BCUT2D eigenvalue weighted by Gasteiger charge is -2.06. The van der Waals surface area contributed by atoms with Gasteiger partial charge in [0.25, 0.3) is 0 Å². The number of benzene rings is 2. The van der Waals surface area contributed by atoms with E-state index in [-0.39, 0.29) is 11.3 Å². The van der Waals surface area contributed by atoms with Crippen LogP contribution in [0.15, 0.2) is 60.8 Å². The van der Waals surface area contributed by atoms with Gasteiger partial charge >= 0.3 is 5.97 Å². The molecule has 0 saturated carbocycles. The molecular formula is C20H16N2O3. The third-order valence-corrected chi connectivity index (χ3v) is 3.71. The van der Waals surface area contributed by atoms with Crippen molar-refractivity contribution in [3.8, 4) is 17.0 Å². The van der Waals surface area contributed by atoms with Gasteiger partial charge in [0.05, 0.1) is 11.3 Å². The summed E-state index contributed by atoms with van der Waals surface area (Å²) in [5.74, 6) is -0.998. The minimum atomic E-state index is -1.04. The zero-order valence-electron chi connectivity index (χ0n) is 13.3. The number of phenolic OH excluding ortho intramolecular Hbond substituents is 1. The Balaban J connectivity index is 1.94. The van der Waals surface area contributed by atoms with Gasteiger partial charge < -0.3 is 15.9 Å². The maximum absolute atomic E-state index is 11.1. The third-order valence-electron chi connectivity index (χ3n) is 3.71. The van der Waals surface area contributed by atoms with E-state index in [0.717, 1.165) is 11.1 Å². The van der Waals surface area contributed by atoms with Gasteiger partial charge in [-0.2, -0.15) is 0 Å². The number of pyridine rings is 1. The molecule has 0 saturated heterocycles. The fourth-order valence-corrected chi connectivity index (χ4v) is 2.37. The Morgan fingerprint density at radius 3 is 2.36 bits per heavy atom. The van der Waals surface area contributed by atoms with Gasteiger partial charge in [-0.05, 0) is 47.5 Å². The zero-order valence-corrected chi connectivity index (χ0v) is 13.3. The highest BCUT2D eigenvalue weighted by Gasteiger charge is 2.10. The quantitative estimate of drug-likeness (QED) is 0.497. The number of phenols is 1. The molecule has 1 heterocycles. The number of aromatic hydroxyl groups is 1. The molecule has 0 aliphatic heterocycles. The highest BCUT2D eigenvalue weighted by molar-refractivity contribution is 5.89. The van der Waals surface area contributed by atoms with Crippen LogP contribution in [0.1, 0.15) is 21.5 Å². The second-order valence-electron chi connectivity index (χ2n) is 5.51. The van der Waals surface area contributed by atoms with Crippen LogP contribution in [-0.4, -0.2) is 21.2 Å². The highest BCUT2D eigenvalue weighted by atomic mass is 16.4. The van der Waals surface area contributed by atoms with Crippen LogP contribution in [0.3, 0.4) is 0 Å². The van der Waals surface area contributed by atoms with E-state index < -0.39 is 5.97 Å². The van der Waals surface area contributed by atoms with E-state index in [0.29, 0.717) is 16.9 Å². The molecule has 3 rings (SSSR count). The van der Waals surface area contributed by atoms with Crippen molar-refractivity contribution in [1.82, 2.24) is 4.98 Å². The van der Waals surface area contributed by atoms with Crippen LogP contribution in [0.25, 0.3) is 23.4 Å². The molecule has 25 heavy (non-hydrogen) atoms. The predicted molar refractivity (Wildman–Crippen MR) is 98.1 cm³/mol. The number of rotatable bonds is 4. The molecule has 0 aliphatic rings. The molecule has 5 heteroatoms. The largest absolute Gasteiger partial charge is 0.507 e. The number of anilines is 1. The van der Waals surface area contributed by atoms with Crippen molar-refractivity contribution in [2.75, 3.05) is 5.73 Å². The number of nitrogens with two attached hydrogens (primary N) is 1. The first kappa shape index (κ1) is 16.3. The average molecular weight is 332 g/mol. The molecule has 1 aromatic heterocycles. The molecular weight excluding hydrogens is 316 g/mol. The van der Waals surface area contributed by atoms with Crippen LogP contribution in [0.4, 0.5) is 5.69 Å². The Morgan fingerprint density at radius 1 is 0.960 bits per heavy atom. The van der Waals surface area contributed by atoms with Crippen molar-refractivity contribution in [1.29, 1.82) is 0 Å². The van der Waals surface area contributed by atoms with Gasteiger partial charge in [0.1, 0.15) is 5.75 Å². The van der Waals surface area contributed by atoms with Crippen molar-refractivity contribution in [2.24, 2.45) is 0 Å². The monoisotopic (exact) mass is 332 g/mol. The summed E-state index contributed by atoms with van der Waals surface area (Å²) in [5.41, 5.74) is 9.21. The molecule has 0 aliphatic carbocycles. The minimum Gasteiger partial charge on any atom is -0.507 e. The summed E-state index contributed by atoms with van der Waals surface area (Å²) in [4.78, 5) is 15.3. The molecule has 4 N–H and O–H groups in total. The van der Waals surface area contributed by atoms with E-state index in [2.05, 4.69) is 4.98 Å². The van der Waals surface area contributed by atoms with Gasteiger partial charge in [0.15, 0.2) is 0 Å². The predicted octanol–water partition coefficient (Wildman–Crippen LogP) is 3.91. The van der Waals surface area contributed by atoms with Crippen molar-refractivity contribution >= 4 is 23.8 Å². The Bertz CT molecular complexity index is 947. The number of aromatic nitrogens is 1. The molecule has 5 nitrogen and oxygen atoms in total. The van der Waals surface area contributed by atoms with Crippen LogP contribution in [0.2, 0.25) is 0 Å². The first-order chi connectivity index (χ1) is 12.0. The number of nitrogen functional groups attached to an aromatic ring is 1. The van der Waals surface area contributed by atoms with Crippen LogP contribution < -0.4 is 5.73 Å². The van der Waals surface area contributed by atoms with Gasteiger partial charge in [0.2, 0.25) is 0 Å². The number of nitrogens with zero attached hydrogens (tertiary/aromatic N) is 1. The van der Waals surface area contributed by atoms with E-state index in [1.54, 1.807) is 18.2 Å². The molecule has 0 unspecified atom stereocenters. The SMILES string of the molecule is Nc1ccc(C=Cc2ccc(O)c(-c3cc(C(=O)O)ccn3)c2)cc1. The molecule has 0 spiro atoms. The van der Waals surface area contributed by atoms with E-state index >= 15 is 0 Å². The van der Waals surface area contributed by atoms with Crippen molar-refractivity contribution in [2.45, 2.75) is 0 Å². The summed E-state index contributed by atoms with van der Waals surface area (Å²) in [6, 6.07) is 15.4. The Hall–Kier alpha value is -3.60. The second-order valence-corrected chi connectivity index (χ2v) is 5.51. The molecule has 0 radical (unpaired) electrons. The third kappa shape index (κ3) is 3.84. The summed E-state index contributed by atoms with van der Waals surface area (Å²) >= 11 is 0. The summed E-state index contributed by atoms with van der Waals surface area (Å²) in [6.45, 7) is 0. The zero-order chi connectivity index (χ0) is 17.8. The molecule has 0 atom stereocenters. The van der Waals surface area contributed by atoms with Crippen LogP contribution >= 0.6 is 0 Å². The Labute approximate surface area is 144 Å². The van der Waals surface area contributed by atoms with Crippen molar-refractivity contribution < 1.29 is 15.0 Å². The summed E-state index contributed by atoms with van der Waals surface area (Å²) in [7, 11) is 0. The van der Waals surface area contributed by atoms with E-state index in [1.165, 1.54) is 18.3 Å². The topological polar surface area (TPSA) is 96.4 Å². The van der Waals surface area contributed by atoms with Gasteiger partial charge in [-0.15, -0.1) is 0 Å². The molecule has 3 aromatic rings.